The number of pyridine rings is 1. The molecule has 128 valence electrons. The van der Waals surface area contributed by atoms with E-state index in [4.69, 9.17) is 4.74 Å². The molecule has 0 aliphatic heterocycles. The molecule has 8 heteroatoms. The number of nitrogens with one attached hydrogen (secondary N) is 1. The van der Waals surface area contributed by atoms with Crippen LogP contribution in [-0.4, -0.2) is 26.4 Å². The zero-order chi connectivity index (χ0) is 17.6. The summed E-state index contributed by atoms with van der Waals surface area (Å²) in [7, 11) is 0. The first-order valence-electron chi connectivity index (χ1n) is 7.95. The predicted molar refractivity (Wildman–Crippen MR) is 93.9 cm³/mol. The van der Waals surface area contributed by atoms with E-state index in [2.05, 4.69) is 20.3 Å². The molecule has 25 heavy (non-hydrogen) atoms. The molecular formula is C17H17N5O3. The van der Waals surface area contributed by atoms with Gasteiger partial charge in [-0.15, -0.1) is 0 Å². The van der Waals surface area contributed by atoms with Gasteiger partial charge in [-0.1, -0.05) is 31.5 Å². The van der Waals surface area contributed by atoms with Crippen LogP contribution >= 0.6 is 0 Å². The lowest BCUT2D eigenvalue weighted by molar-refractivity contribution is -0.385. The molecule has 0 bridgehead atoms. The third-order valence-electron chi connectivity index (χ3n) is 3.60. The van der Waals surface area contributed by atoms with Gasteiger partial charge in [0.1, 0.15) is 11.8 Å². The molecule has 0 unspecified atom stereocenters. The fourth-order valence-corrected chi connectivity index (χ4v) is 2.38. The Morgan fingerprint density at radius 3 is 2.84 bits per heavy atom. The zero-order valence-electron chi connectivity index (χ0n) is 13.7. The summed E-state index contributed by atoms with van der Waals surface area (Å²) in [5, 5.41) is 15.4. The van der Waals surface area contributed by atoms with E-state index in [1.165, 1.54) is 6.33 Å². The number of nitro groups is 1. The highest BCUT2D eigenvalue weighted by Crippen LogP contribution is 2.35. The number of anilines is 1. The minimum atomic E-state index is -0.540. The Hall–Kier alpha value is -3.29. The van der Waals surface area contributed by atoms with E-state index < -0.39 is 4.92 Å². The number of hydrogen-bond donors (Lipinski definition) is 1. The molecular weight excluding hydrogens is 322 g/mol. The number of nitrogens with zero attached hydrogens (tertiary/aromatic N) is 4. The summed E-state index contributed by atoms with van der Waals surface area (Å²) >= 11 is 0. The van der Waals surface area contributed by atoms with Crippen molar-refractivity contribution in [3.63, 3.8) is 0 Å². The molecule has 0 saturated carbocycles. The molecule has 2 heterocycles. The number of benzene rings is 1. The van der Waals surface area contributed by atoms with Gasteiger partial charge < -0.3 is 10.1 Å². The summed E-state index contributed by atoms with van der Waals surface area (Å²) in [6.45, 7) is 2.63. The van der Waals surface area contributed by atoms with Crippen LogP contribution in [0.15, 0.2) is 42.9 Å². The van der Waals surface area contributed by atoms with Crippen LogP contribution in [0.25, 0.3) is 10.9 Å². The van der Waals surface area contributed by atoms with Crippen molar-refractivity contribution in [3.8, 4) is 11.6 Å². The lowest BCUT2D eigenvalue weighted by Gasteiger charge is -2.10. The second-order valence-electron chi connectivity index (χ2n) is 5.35. The van der Waals surface area contributed by atoms with Gasteiger partial charge in [-0.25, -0.2) is 4.98 Å². The Balaban J connectivity index is 1.99. The lowest BCUT2D eigenvalue weighted by atomic mass is 10.2. The molecule has 0 spiro atoms. The Labute approximate surface area is 144 Å². The Morgan fingerprint density at radius 1 is 1.20 bits per heavy atom. The van der Waals surface area contributed by atoms with E-state index in [1.807, 2.05) is 25.1 Å². The van der Waals surface area contributed by atoms with Crippen LogP contribution in [-0.2, 0) is 0 Å². The molecule has 0 fully saturated rings. The average molecular weight is 339 g/mol. The first-order valence-corrected chi connectivity index (χ1v) is 7.95. The van der Waals surface area contributed by atoms with Gasteiger partial charge in [-0.05, 0) is 18.6 Å². The van der Waals surface area contributed by atoms with Crippen molar-refractivity contribution in [1.29, 1.82) is 0 Å². The molecule has 0 saturated heterocycles. The highest BCUT2D eigenvalue weighted by atomic mass is 16.6. The molecule has 0 aliphatic carbocycles. The van der Waals surface area contributed by atoms with Gasteiger partial charge in [0.25, 0.3) is 0 Å². The molecule has 3 aromatic rings. The maximum Gasteiger partial charge on any atom is 0.373 e. The molecule has 1 N–H and O–H groups in total. The third-order valence-corrected chi connectivity index (χ3v) is 3.60. The number of aromatic nitrogens is 3. The van der Waals surface area contributed by atoms with Crippen molar-refractivity contribution < 1.29 is 9.66 Å². The molecule has 0 amide bonds. The van der Waals surface area contributed by atoms with E-state index in [9.17, 15) is 10.1 Å². The maximum absolute atomic E-state index is 11.5. The topological polar surface area (TPSA) is 103 Å². The summed E-state index contributed by atoms with van der Waals surface area (Å²) in [4.78, 5) is 23.2. The van der Waals surface area contributed by atoms with Crippen molar-refractivity contribution in [1.82, 2.24) is 15.0 Å². The monoisotopic (exact) mass is 339 g/mol. The highest BCUT2D eigenvalue weighted by molar-refractivity contribution is 5.84. The number of fused-ring (bicyclic) bond motifs is 1. The normalized spacial score (nSPS) is 10.6. The molecule has 8 nitrogen and oxygen atoms in total. The van der Waals surface area contributed by atoms with Gasteiger partial charge in [0, 0.05) is 18.1 Å². The quantitative estimate of drug-likeness (QED) is 0.395. The summed E-state index contributed by atoms with van der Waals surface area (Å²) in [5.74, 6) is 0.438. The summed E-state index contributed by atoms with van der Waals surface area (Å²) in [6, 6.07) is 9.09. The van der Waals surface area contributed by atoms with Crippen LogP contribution in [0.4, 0.5) is 11.5 Å². The van der Waals surface area contributed by atoms with E-state index in [1.54, 1.807) is 18.3 Å². The minimum absolute atomic E-state index is 0.114. The van der Waals surface area contributed by atoms with Crippen molar-refractivity contribution in [3.05, 3.63) is 53.0 Å². The predicted octanol–water partition coefficient (Wildman–Crippen LogP) is 3.94. The number of rotatable bonds is 7. The number of unbranched alkanes of at least 4 members (excludes halogenated alkanes) is 1. The minimum Gasteiger partial charge on any atom is -0.431 e. The number of para-hydroxylation sites is 1. The van der Waals surface area contributed by atoms with Crippen LogP contribution in [0.3, 0.4) is 0 Å². The van der Waals surface area contributed by atoms with Crippen molar-refractivity contribution in [2.75, 3.05) is 11.9 Å². The standard InChI is InChI=1S/C17H17N5O3/c1-2-3-9-19-16-15(22(23)24)17(21-11-20-16)25-13-8-4-6-12-7-5-10-18-14(12)13/h4-8,10-11H,2-3,9H2,1H3,(H,19,20,21). The van der Waals surface area contributed by atoms with Gasteiger partial charge >= 0.3 is 11.6 Å². The highest BCUT2D eigenvalue weighted by Gasteiger charge is 2.25. The first-order chi connectivity index (χ1) is 12.2. The van der Waals surface area contributed by atoms with Crippen LogP contribution in [0.1, 0.15) is 19.8 Å². The van der Waals surface area contributed by atoms with Crippen LogP contribution in [0.2, 0.25) is 0 Å². The smallest absolute Gasteiger partial charge is 0.373 e. The van der Waals surface area contributed by atoms with Crippen molar-refractivity contribution in [2.45, 2.75) is 19.8 Å². The maximum atomic E-state index is 11.5. The molecule has 2 aromatic heterocycles. The molecule has 0 atom stereocenters. The van der Waals surface area contributed by atoms with Gasteiger partial charge in [0.05, 0.1) is 4.92 Å². The average Bonchev–Trinajstić information content (AvgIpc) is 2.62. The Morgan fingerprint density at radius 2 is 2.04 bits per heavy atom. The van der Waals surface area contributed by atoms with E-state index in [0.717, 1.165) is 18.2 Å². The largest absolute Gasteiger partial charge is 0.431 e. The second-order valence-corrected chi connectivity index (χ2v) is 5.35. The number of hydrogen-bond acceptors (Lipinski definition) is 7. The summed E-state index contributed by atoms with van der Waals surface area (Å²) in [6.07, 6.45) is 4.73. The molecule has 1 aromatic carbocycles. The van der Waals surface area contributed by atoms with E-state index in [-0.39, 0.29) is 17.4 Å². The molecule has 0 radical (unpaired) electrons. The van der Waals surface area contributed by atoms with Gasteiger partial charge in [0.2, 0.25) is 5.82 Å². The molecule has 3 rings (SSSR count). The fraction of sp³-hybridized carbons (Fsp3) is 0.235. The van der Waals surface area contributed by atoms with Crippen LogP contribution in [0.5, 0.6) is 11.6 Å². The van der Waals surface area contributed by atoms with Gasteiger partial charge in [0.15, 0.2) is 5.75 Å². The zero-order valence-corrected chi connectivity index (χ0v) is 13.7. The summed E-state index contributed by atoms with van der Waals surface area (Å²) < 4.78 is 5.74. The van der Waals surface area contributed by atoms with Gasteiger partial charge in [-0.3, -0.25) is 15.1 Å². The summed E-state index contributed by atoms with van der Waals surface area (Å²) in [5.41, 5.74) is 0.324. The third kappa shape index (κ3) is 3.63. The van der Waals surface area contributed by atoms with E-state index >= 15 is 0 Å². The molecule has 0 aliphatic rings. The Bertz CT molecular complexity index is 895. The van der Waals surface area contributed by atoms with Crippen molar-refractivity contribution >= 4 is 22.4 Å². The Kier molecular flexibility index (Phi) is 4.98. The fourth-order valence-electron chi connectivity index (χ4n) is 2.38. The second kappa shape index (κ2) is 7.52. The van der Waals surface area contributed by atoms with E-state index in [0.29, 0.717) is 17.8 Å². The van der Waals surface area contributed by atoms with Gasteiger partial charge in [-0.2, -0.15) is 4.98 Å². The first kappa shape index (κ1) is 16.6. The van der Waals surface area contributed by atoms with Crippen molar-refractivity contribution in [2.24, 2.45) is 0 Å². The van der Waals surface area contributed by atoms with Crippen LogP contribution in [0, 0.1) is 10.1 Å². The number of ether oxygens (including phenoxy) is 1. The lowest BCUT2D eigenvalue weighted by Crippen LogP contribution is -2.08. The van der Waals surface area contributed by atoms with Crippen LogP contribution < -0.4 is 10.1 Å². The SMILES string of the molecule is CCCCNc1ncnc(Oc2cccc3cccnc23)c1[N+](=O)[O-].